The predicted octanol–water partition coefficient (Wildman–Crippen LogP) is 5.60. The van der Waals surface area contributed by atoms with Crippen LogP contribution < -0.4 is 5.32 Å². The quantitative estimate of drug-likeness (QED) is 0.0627. The van der Waals surface area contributed by atoms with Crippen molar-refractivity contribution in [3.63, 3.8) is 0 Å². The zero-order valence-corrected chi connectivity index (χ0v) is 30.2. The zero-order chi connectivity index (χ0) is 38.0. The van der Waals surface area contributed by atoms with Gasteiger partial charge in [-0.3, -0.25) is 14.4 Å². The van der Waals surface area contributed by atoms with Crippen LogP contribution >= 0.6 is 0 Å². The minimum Gasteiger partial charge on any atom is -0.481 e. The highest BCUT2D eigenvalue weighted by Crippen LogP contribution is 2.26. The molecule has 0 aromatic heterocycles. The summed E-state index contributed by atoms with van der Waals surface area (Å²) in [6.07, 6.45) is 12.1. The Balaban J connectivity index is 2.06. The maximum absolute atomic E-state index is 13.4. The molecule has 2 aromatic rings. The van der Waals surface area contributed by atoms with E-state index in [1.54, 1.807) is 36.4 Å². The number of carbonyl (C=O) groups is 5. The number of carboxylic acid groups (broad SMARTS) is 3. The molecule has 13 heteroatoms. The van der Waals surface area contributed by atoms with E-state index in [1.807, 2.05) is 0 Å². The lowest BCUT2D eigenvalue weighted by molar-refractivity contribution is -0.172. The van der Waals surface area contributed by atoms with E-state index < -0.39 is 57.6 Å². The summed E-state index contributed by atoms with van der Waals surface area (Å²) in [5.74, 6) is -7.87. The zero-order valence-electron chi connectivity index (χ0n) is 29.4. The van der Waals surface area contributed by atoms with Gasteiger partial charge in [0.15, 0.2) is 15.4 Å². The molecule has 0 fully saturated rings. The van der Waals surface area contributed by atoms with Crippen LogP contribution in [0.15, 0.2) is 65.6 Å². The van der Waals surface area contributed by atoms with Crippen molar-refractivity contribution < 1.29 is 52.8 Å². The topological polar surface area (TPSA) is 212 Å². The average molecular weight is 730 g/mol. The Morgan fingerprint density at radius 2 is 1.31 bits per heavy atom. The molecule has 3 atom stereocenters. The maximum atomic E-state index is 13.4. The van der Waals surface area contributed by atoms with Gasteiger partial charge in [0.2, 0.25) is 5.91 Å². The van der Waals surface area contributed by atoms with Crippen molar-refractivity contribution in [3.05, 3.63) is 66.2 Å². The van der Waals surface area contributed by atoms with Gasteiger partial charge in [-0.1, -0.05) is 94.0 Å². The van der Waals surface area contributed by atoms with Crippen LogP contribution in [0.2, 0.25) is 0 Å². The number of hydrogen-bond donors (Lipinski definition) is 5. The lowest BCUT2D eigenvalue weighted by atomic mass is 9.82. The molecule has 0 radical (unpaired) electrons. The number of unbranched alkanes of at least 4 members (excludes halogenated alkanes) is 8. The molecule has 0 bridgehead atoms. The van der Waals surface area contributed by atoms with E-state index in [4.69, 9.17) is 0 Å². The highest BCUT2D eigenvalue weighted by atomic mass is 32.2. The number of carbonyl (C=O) groups excluding carboxylic acids is 2. The highest BCUT2D eigenvalue weighted by Gasteiger charge is 2.49. The minimum absolute atomic E-state index is 0.164. The van der Waals surface area contributed by atoms with Crippen molar-refractivity contribution >= 4 is 39.4 Å². The summed E-state index contributed by atoms with van der Waals surface area (Å²) >= 11 is 0. The van der Waals surface area contributed by atoms with Gasteiger partial charge in [0, 0.05) is 25.5 Å². The van der Waals surface area contributed by atoms with E-state index in [-0.39, 0.29) is 17.1 Å². The van der Waals surface area contributed by atoms with Crippen LogP contribution in [0.1, 0.15) is 96.0 Å². The van der Waals surface area contributed by atoms with Crippen LogP contribution in [0.25, 0.3) is 11.1 Å². The second kappa shape index (κ2) is 21.1. The van der Waals surface area contributed by atoms with Crippen LogP contribution in [0, 0.1) is 5.92 Å². The Kier molecular flexibility index (Phi) is 17.7. The van der Waals surface area contributed by atoms with E-state index in [1.165, 1.54) is 24.6 Å². The van der Waals surface area contributed by atoms with Crippen LogP contribution in [0.5, 0.6) is 0 Å². The first kappa shape index (κ1) is 42.8. The van der Waals surface area contributed by atoms with E-state index in [0.29, 0.717) is 31.2 Å². The molecule has 0 spiro atoms. The molecule has 12 nitrogen and oxygen atoms in total. The van der Waals surface area contributed by atoms with E-state index in [2.05, 4.69) is 12.2 Å². The molecule has 2 aromatic carbocycles. The van der Waals surface area contributed by atoms with Gasteiger partial charge in [-0.05, 0) is 54.5 Å². The molecular formula is C38H51NO11S. The minimum atomic E-state index is -3.37. The number of ketones is 1. The van der Waals surface area contributed by atoms with E-state index >= 15 is 0 Å². The maximum Gasteiger partial charge on any atom is 0.337 e. The number of nitrogens with one attached hydrogen (secondary N) is 1. The molecule has 51 heavy (non-hydrogen) atoms. The largest absolute Gasteiger partial charge is 0.481 e. The Morgan fingerprint density at radius 1 is 0.784 bits per heavy atom. The number of allylic oxidation sites excluding steroid dienone is 1. The molecule has 0 saturated heterocycles. The molecule has 3 unspecified atom stereocenters. The molecule has 0 heterocycles. The fraction of sp³-hybridized carbons (Fsp3) is 0.500. The fourth-order valence-electron chi connectivity index (χ4n) is 5.66. The van der Waals surface area contributed by atoms with Crippen LogP contribution in [0.3, 0.4) is 0 Å². The number of carboxylic acids is 3. The number of hydrogen-bond acceptors (Lipinski definition) is 8. The molecule has 2 rings (SSSR count). The molecule has 0 aliphatic carbocycles. The molecular weight excluding hydrogens is 678 g/mol. The predicted molar refractivity (Wildman–Crippen MR) is 192 cm³/mol. The third kappa shape index (κ3) is 14.8. The van der Waals surface area contributed by atoms with Gasteiger partial charge in [-0.25, -0.2) is 18.0 Å². The first-order valence-corrected chi connectivity index (χ1v) is 19.3. The first-order chi connectivity index (χ1) is 24.1. The number of aliphatic hydroxyl groups is 1. The van der Waals surface area contributed by atoms with Crippen molar-refractivity contribution in [2.45, 2.75) is 113 Å². The summed E-state index contributed by atoms with van der Waals surface area (Å²) in [6.45, 7) is 2.14. The van der Waals surface area contributed by atoms with Gasteiger partial charge in [-0.15, -0.1) is 0 Å². The number of Topliss-reactive ketones (excluding diaryl/α,β-unsaturated/α-hetero) is 1. The Hall–Kier alpha value is -4.36. The molecule has 0 aliphatic heterocycles. The lowest BCUT2D eigenvalue weighted by Crippen LogP contribution is -2.55. The molecule has 0 saturated carbocycles. The number of aliphatic carboxylic acids is 3. The van der Waals surface area contributed by atoms with Gasteiger partial charge >= 0.3 is 17.9 Å². The van der Waals surface area contributed by atoms with Gasteiger partial charge in [0.25, 0.3) is 0 Å². The number of amides is 1. The number of sulfone groups is 1. The highest BCUT2D eigenvalue weighted by molar-refractivity contribution is 7.90. The molecule has 280 valence electrons. The van der Waals surface area contributed by atoms with E-state index in [9.17, 15) is 52.8 Å². The molecule has 1 amide bonds. The van der Waals surface area contributed by atoms with E-state index in [0.717, 1.165) is 68.4 Å². The van der Waals surface area contributed by atoms with Gasteiger partial charge in [0.05, 0.1) is 17.2 Å². The summed E-state index contributed by atoms with van der Waals surface area (Å²) in [5, 5.41) is 42.3. The lowest BCUT2D eigenvalue weighted by Gasteiger charge is -2.29. The normalized spacial score (nSPS) is 14.0. The van der Waals surface area contributed by atoms with Gasteiger partial charge in [-0.2, -0.15) is 0 Å². The first-order valence-electron chi connectivity index (χ1n) is 17.4. The second-order valence-electron chi connectivity index (χ2n) is 13.0. The van der Waals surface area contributed by atoms with Crippen LogP contribution in [-0.2, 0) is 40.2 Å². The fourth-order valence-corrected chi connectivity index (χ4v) is 6.29. The summed E-state index contributed by atoms with van der Waals surface area (Å²) < 4.78 is 23.5. The third-order valence-corrected chi connectivity index (χ3v) is 9.80. The van der Waals surface area contributed by atoms with Gasteiger partial charge < -0.3 is 25.7 Å². The SMILES string of the molecule is CCCCCCCC(=O)CCCCCC/C=C/C(C(=O)NC(Cc1ccc(-c2ccc(S(C)(=O)=O)cc2)cc1)C(=O)O)C(O)(CC(=O)O)C(=O)O. The Morgan fingerprint density at radius 3 is 1.80 bits per heavy atom. The van der Waals surface area contributed by atoms with Crippen molar-refractivity contribution in [1.82, 2.24) is 5.32 Å². The summed E-state index contributed by atoms with van der Waals surface area (Å²) in [6, 6.07) is 11.3. The average Bonchev–Trinajstić information content (AvgIpc) is 3.06. The summed E-state index contributed by atoms with van der Waals surface area (Å²) in [5.41, 5.74) is -1.11. The second-order valence-corrected chi connectivity index (χ2v) is 15.0. The standard InChI is InChI=1S/C38H51NO11S/c1-3-4-5-8-11-14-30(40)15-12-9-6-7-10-13-16-32(38(48,37(46)47)26-34(41)42)35(43)39-33(36(44)45)25-27-17-19-28(20-18-27)29-21-23-31(24-22-29)51(2,49)50/h13,16-24,32-33,48H,3-12,14-15,25-26H2,1-2H3,(H,39,43)(H,41,42)(H,44,45)(H,46,47)/b16-13+. The number of benzene rings is 2. The molecule has 5 N–H and O–H groups in total. The Labute approximate surface area is 299 Å². The summed E-state index contributed by atoms with van der Waals surface area (Å²) in [4.78, 5) is 61.4. The monoisotopic (exact) mass is 729 g/mol. The molecule has 0 aliphatic rings. The third-order valence-electron chi connectivity index (χ3n) is 8.68. The summed E-state index contributed by atoms with van der Waals surface area (Å²) in [7, 11) is -3.37. The smallest absolute Gasteiger partial charge is 0.337 e. The van der Waals surface area contributed by atoms with Gasteiger partial charge in [0.1, 0.15) is 11.8 Å². The van der Waals surface area contributed by atoms with Crippen LogP contribution in [0.4, 0.5) is 0 Å². The van der Waals surface area contributed by atoms with Crippen molar-refractivity contribution in [1.29, 1.82) is 0 Å². The van der Waals surface area contributed by atoms with Crippen molar-refractivity contribution in [3.8, 4) is 11.1 Å². The Bertz CT molecular complexity index is 1600. The number of rotatable bonds is 25. The van der Waals surface area contributed by atoms with Crippen LogP contribution in [-0.4, -0.2) is 76.3 Å². The van der Waals surface area contributed by atoms with Crippen molar-refractivity contribution in [2.24, 2.45) is 5.92 Å². The van der Waals surface area contributed by atoms with Crippen molar-refractivity contribution in [2.75, 3.05) is 6.26 Å².